The van der Waals surface area contributed by atoms with Crippen LogP contribution in [0.2, 0.25) is 5.15 Å². The number of hydrogen-bond acceptors (Lipinski definition) is 7. The van der Waals surface area contributed by atoms with Crippen LogP contribution in [-0.2, 0) is 16.1 Å². The van der Waals surface area contributed by atoms with E-state index < -0.39 is 24.3 Å². The molecule has 3 N–H and O–H groups in total. The minimum absolute atomic E-state index is 0.204. The van der Waals surface area contributed by atoms with Crippen molar-refractivity contribution in [1.82, 2.24) is 30.1 Å². The Morgan fingerprint density at radius 3 is 2.97 bits per heavy atom. The Labute approximate surface area is 194 Å². The maximum Gasteiger partial charge on any atom is 0.407 e. The highest BCUT2D eigenvalue weighted by atomic mass is 35.5. The number of anilines is 2. The van der Waals surface area contributed by atoms with Gasteiger partial charge in [0.15, 0.2) is 11.6 Å². The summed E-state index contributed by atoms with van der Waals surface area (Å²) in [5.41, 5.74) is 1.84. The third kappa shape index (κ3) is 4.60. The Kier molecular flexibility index (Phi) is 5.61. The van der Waals surface area contributed by atoms with Gasteiger partial charge in [0.2, 0.25) is 0 Å². The Hall–Kier alpha value is -2.92. The molecule has 0 saturated heterocycles. The number of aromatic nitrogens is 5. The van der Waals surface area contributed by atoms with Crippen LogP contribution < -0.4 is 10.6 Å². The number of nitrogens with one attached hydrogen (secondary N) is 3. The maximum atomic E-state index is 15.1. The Balaban J connectivity index is 1.27. The number of alkyl halides is 1. The van der Waals surface area contributed by atoms with Crippen LogP contribution in [0.5, 0.6) is 0 Å². The van der Waals surface area contributed by atoms with Crippen LogP contribution >= 0.6 is 11.6 Å². The molecule has 0 aromatic carbocycles. The van der Waals surface area contributed by atoms with Gasteiger partial charge >= 0.3 is 6.09 Å². The van der Waals surface area contributed by atoms with Gasteiger partial charge in [-0.25, -0.2) is 18.7 Å². The number of H-pyrrole nitrogens is 1. The van der Waals surface area contributed by atoms with Crippen LogP contribution in [0.25, 0.3) is 5.52 Å². The number of methoxy groups -OCH3 is 1. The van der Waals surface area contributed by atoms with E-state index in [1.54, 1.807) is 23.9 Å². The zero-order chi connectivity index (χ0) is 23.2. The predicted octanol–water partition coefficient (Wildman–Crippen LogP) is 3.86. The van der Waals surface area contributed by atoms with Crippen molar-refractivity contribution in [1.29, 1.82) is 0 Å². The number of nitrogens with zero attached hydrogens (tertiary/aromatic N) is 4. The smallest absolute Gasteiger partial charge is 0.407 e. The number of alkyl carbamates (subject to hydrolysis) is 1. The average molecular weight is 478 g/mol. The van der Waals surface area contributed by atoms with Crippen LogP contribution in [0.4, 0.5) is 20.8 Å². The Morgan fingerprint density at radius 1 is 1.39 bits per heavy atom. The lowest BCUT2D eigenvalue weighted by Crippen LogP contribution is -2.38. The van der Waals surface area contributed by atoms with Crippen LogP contribution in [0, 0.1) is 0 Å². The molecule has 3 heterocycles. The summed E-state index contributed by atoms with van der Waals surface area (Å²) in [5, 5.41) is 17.7. The molecule has 3 aromatic heterocycles. The number of carbonyl (C=O) groups is 1. The number of aromatic amines is 1. The molecule has 0 spiro atoms. The van der Waals surface area contributed by atoms with E-state index in [2.05, 4.69) is 30.9 Å². The first-order valence-electron chi connectivity index (χ1n) is 10.8. The van der Waals surface area contributed by atoms with Crippen molar-refractivity contribution in [2.45, 2.75) is 62.9 Å². The minimum atomic E-state index is -1.32. The minimum Gasteiger partial charge on any atom is -0.443 e. The van der Waals surface area contributed by atoms with Gasteiger partial charge in [-0.1, -0.05) is 11.6 Å². The molecule has 5 rings (SSSR count). The second kappa shape index (κ2) is 8.45. The van der Waals surface area contributed by atoms with Gasteiger partial charge in [0.05, 0.1) is 18.5 Å². The van der Waals surface area contributed by atoms with Gasteiger partial charge in [0, 0.05) is 30.3 Å². The lowest BCUT2D eigenvalue weighted by atomic mass is 10.0. The van der Waals surface area contributed by atoms with Crippen molar-refractivity contribution in [3.8, 4) is 0 Å². The fourth-order valence-electron chi connectivity index (χ4n) is 4.13. The molecular formula is C21H25ClFN7O3. The summed E-state index contributed by atoms with van der Waals surface area (Å²) in [6.07, 6.45) is 1.77. The third-order valence-corrected chi connectivity index (χ3v) is 6.36. The lowest BCUT2D eigenvalue weighted by Gasteiger charge is -2.19. The van der Waals surface area contributed by atoms with Gasteiger partial charge in [-0.3, -0.25) is 5.10 Å². The number of carbonyl (C=O) groups excluding carboxylic acids is 1. The molecule has 33 heavy (non-hydrogen) atoms. The van der Waals surface area contributed by atoms with Gasteiger partial charge in [-0.15, -0.1) is 0 Å². The molecular weight excluding hydrogens is 453 g/mol. The highest BCUT2D eigenvalue weighted by molar-refractivity contribution is 6.29. The van der Waals surface area contributed by atoms with E-state index in [4.69, 9.17) is 21.1 Å². The molecule has 1 amide bonds. The van der Waals surface area contributed by atoms with E-state index in [1.807, 2.05) is 13.0 Å². The fourth-order valence-corrected chi connectivity index (χ4v) is 4.31. The molecule has 2 fully saturated rings. The predicted molar refractivity (Wildman–Crippen MR) is 118 cm³/mol. The normalized spacial score (nSPS) is 23.6. The highest BCUT2D eigenvalue weighted by Gasteiger charge is 2.43. The number of rotatable bonds is 7. The summed E-state index contributed by atoms with van der Waals surface area (Å²) in [4.78, 5) is 16.4. The van der Waals surface area contributed by atoms with Gasteiger partial charge < -0.3 is 20.1 Å². The zero-order valence-electron chi connectivity index (χ0n) is 18.3. The summed E-state index contributed by atoms with van der Waals surface area (Å²) >= 11 is 6.14. The van der Waals surface area contributed by atoms with E-state index in [0.717, 1.165) is 18.5 Å². The summed E-state index contributed by atoms with van der Waals surface area (Å²) in [6, 6.07) is 3.57. The molecule has 0 radical (unpaired) electrons. The topological polar surface area (TPSA) is 118 Å². The Morgan fingerprint density at radius 2 is 2.21 bits per heavy atom. The molecule has 2 saturated carbocycles. The number of halogens is 2. The number of hydrogen-bond donors (Lipinski definition) is 3. The van der Waals surface area contributed by atoms with Gasteiger partial charge in [-0.05, 0) is 38.7 Å². The van der Waals surface area contributed by atoms with Crippen molar-refractivity contribution in [2.24, 2.45) is 0 Å². The summed E-state index contributed by atoms with van der Waals surface area (Å²) in [5.74, 6) is 0.482. The van der Waals surface area contributed by atoms with Gasteiger partial charge in [0.25, 0.3) is 0 Å². The van der Waals surface area contributed by atoms with Crippen LogP contribution in [0.3, 0.4) is 0 Å². The molecule has 12 heteroatoms. The van der Waals surface area contributed by atoms with E-state index in [1.165, 1.54) is 0 Å². The average Bonchev–Trinajstić information content (AvgIpc) is 3.11. The van der Waals surface area contributed by atoms with Gasteiger partial charge in [0.1, 0.15) is 22.9 Å². The van der Waals surface area contributed by atoms with Crippen LogP contribution in [0.15, 0.2) is 18.3 Å². The summed E-state index contributed by atoms with van der Waals surface area (Å²) in [6.45, 7) is 2.30. The number of amides is 1. The van der Waals surface area contributed by atoms with E-state index in [-0.39, 0.29) is 10.7 Å². The highest BCUT2D eigenvalue weighted by Crippen LogP contribution is 2.39. The molecule has 3 aromatic rings. The fraction of sp³-hybridized carbons (Fsp3) is 0.524. The zero-order valence-corrected chi connectivity index (χ0v) is 19.0. The van der Waals surface area contributed by atoms with E-state index in [0.29, 0.717) is 42.3 Å². The maximum absolute atomic E-state index is 15.1. The van der Waals surface area contributed by atoms with Crippen molar-refractivity contribution in [3.63, 3.8) is 0 Å². The quantitative estimate of drug-likeness (QED) is 0.472. The first kappa shape index (κ1) is 21.9. The molecule has 176 valence electrons. The van der Waals surface area contributed by atoms with Crippen molar-refractivity contribution in [3.05, 3.63) is 34.9 Å². The number of ether oxygens (including phenoxy) is 2. The lowest BCUT2D eigenvalue weighted by molar-refractivity contribution is 0.0546. The molecule has 0 bridgehead atoms. The first-order valence-corrected chi connectivity index (χ1v) is 11.2. The summed E-state index contributed by atoms with van der Waals surface area (Å²) in [7, 11) is 1.59. The first-order chi connectivity index (χ1) is 15.8. The van der Waals surface area contributed by atoms with Crippen LogP contribution in [0.1, 0.15) is 49.9 Å². The largest absolute Gasteiger partial charge is 0.443 e. The molecule has 3 atom stereocenters. The van der Waals surface area contributed by atoms with E-state index >= 15 is 4.39 Å². The molecule has 2 aliphatic carbocycles. The van der Waals surface area contributed by atoms with Crippen LogP contribution in [-0.4, -0.2) is 55.8 Å². The van der Waals surface area contributed by atoms with Crippen molar-refractivity contribution in [2.75, 3.05) is 12.4 Å². The third-order valence-electron chi connectivity index (χ3n) is 6.18. The van der Waals surface area contributed by atoms with Crippen molar-refractivity contribution >= 4 is 34.8 Å². The van der Waals surface area contributed by atoms with Crippen molar-refractivity contribution < 1.29 is 18.7 Å². The monoisotopic (exact) mass is 477 g/mol. The van der Waals surface area contributed by atoms with Gasteiger partial charge in [-0.2, -0.15) is 10.2 Å². The Bertz CT molecular complexity index is 1180. The molecule has 2 aliphatic rings. The molecule has 0 unspecified atom stereocenters. The molecule has 0 aliphatic heterocycles. The second-order valence-electron chi connectivity index (χ2n) is 8.90. The summed E-state index contributed by atoms with van der Waals surface area (Å²) < 4.78 is 27.2. The second-order valence-corrected chi connectivity index (χ2v) is 9.29. The SMILES string of the molecule is COCc1cc2c(Nc3cc([C@@H]4CC[C@H](OC(=O)NC5(C)CC5)[C@@H]4F)[nH]n3)nc(Cl)cn2n1. The number of fused-ring (bicyclic) bond motifs is 1. The standard InChI is InChI=1S/C21H25ClFN7O3/c1-21(5-6-21)26-20(31)33-15-4-3-12(18(15)23)13-8-17(28-27-13)25-19-14-7-11(10-32-2)29-30(14)9-16(22)24-19/h7-9,12,15,18H,3-6,10H2,1-2H3,(H,26,31)(H2,24,25,27,28)/t12-,15-,18+/m0/s1. The van der Waals surface area contributed by atoms with E-state index in [9.17, 15) is 4.79 Å². The molecule has 10 nitrogen and oxygen atoms in total.